The van der Waals surface area contributed by atoms with Crippen LogP contribution in [-0.2, 0) is 9.53 Å². The van der Waals surface area contributed by atoms with Crippen LogP contribution in [0.2, 0.25) is 0 Å². The number of ether oxygens (including phenoxy) is 1. The smallest absolute Gasteiger partial charge is 0.237 e. The van der Waals surface area contributed by atoms with E-state index in [1.165, 1.54) is 0 Å². The number of likely N-dealkylation sites (N-methyl/N-ethyl adjacent to an activating group) is 1. The molecule has 4 nitrogen and oxygen atoms in total. The molecule has 1 amide bonds. The summed E-state index contributed by atoms with van der Waals surface area (Å²) in [6, 6.07) is 0. The van der Waals surface area contributed by atoms with Gasteiger partial charge in [-0.3, -0.25) is 4.79 Å². The second-order valence-electron chi connectivity index (χ2n) is 3.82. The van der Waals surface area contributed by atoms with Gasteiger partial charge in [-0.25, -0.2) is 0 Å². The van der Waals surface area contributed by atoms with Crippen LogP contribution in [0.5, 0.6) is 0 Å². The summed E-state index contributed by atoms with van der Waals surface area (Å²) in [5.41, 5.74) is 4.74. The average molecular weight is 234 g/mol. The summed E-state index contributed by atoms with van der Waals surface area (Å²) in [6.07, 6.45) is 0.729. The first-order valence-corrected chi connectivity index (χ1v) is 6.10. The number of hydrogen-bond acceptors (Lipinski definition) is 4. The molecule has 0 radical (unpaired) electrons. The van der Waals surface area contributed by atoms with E-state index in [0.29, 0.717) is 5.25 Å². The van der Waals surface area contributed by atoms with Gasteiger partial charge in [-0.2, -0.15) is 11.8 Å². The van der Waals surface area contributed by atoms with Crippen molar-refractivity contribution >= 4 is 17.7 Å². The fourth-order valence-electron chi connectivity index (χ4n) is 1.29. The average Bonchev–Trinajstić information content (AvgIpc) is 2.17. The molecule has 0 saturated carbocycles. The van der Waals surface area contributed by atoms with Crippen LogP contribution in [0.25, 0.3) is 0 Å². The molecule has 0 aromatic carbocycles. The summed E-state index contributed by atoms with van der Waals surface area (Å²) in [5, 5.41) is 3.36. The van der Waals surface area contributed by atoms with Gasteiger partial charge in [0.05, 0.1) is 12.1 Å². The first-order valence-electron chi connectivity index (χ1n) is 5.05. The van der Waals surface area contributed by atoms with Crippen LogP contribution in [0.15, 0.2) is 0 Å². The maximum Gasteiger partial charge on any atom is 0.237 e. The van der Waals surface area contributed by atoms with Gasteiger partial charge in [-0.05, 0) is 20.4 Å². The van der Waals surface area contributed by atoms with E-state index in [-0.39, 0.29) is 5.91 Å². The lowest BCUT2D eigenvalue weighted by Gasteiger charge is -2.28. The van der Waals surface area contributed by atoms with Crippen LogP contribution in [0.3, 0.4) is 0 Å². The Morgan fingerprint density at radius 2 is 2.27 bits per heavy atom. The molecule has 0 aliphatic carbocycles. The normalized spacial score (nSPS) is 17.1. The van der Waals surface area contributed by atoms with Crippen molar-refractivity contribution in [2.75, 3.05) is 26.5 Å². The number of methoxy groups -OCH3 is 1. The molecule has 0 saturated heterocycles. The number of primary amides is 1. The molecule has 0 aromatic heterocycles. The lowest BCUT2D eigenvalue weighted by molar-refractivity contribution is -0.123. The highest BCUT2D eigenvalue weighted by Crippen LogP contribution is 2.21. The zero-order chi connectivity index (χ0) is 11.9. The van der Waals surface area contributed by atoms with Crippen LogP contribution in [0, 0.1) is 0 Å². The lowest BCUT2D eigenvalue weighted by Crippen LogP contribution is -2.52. The van der Waals surface area contributed by atoms with E-state index >= 15 is 0 Å². The Morgan fingerprint density at radius 1 is 1.67 bits per heavy atom. The molecule has 3 N–H and O–H groups in total. The van der Waals surface area contributed by atoms with Gasteiger partial charge in [0, 0.05) is 18.1 Å². The second-order valence-corrected chi connectivity index (χ2v) is 5.37. The highest BCUT2D eigenvalue weighted by atomic mass is 32.2. The van der Waals surface area contributed by atoms with Crippen molar-refractivity contribution in [3.05, 3.63) is 0 Å². The summed E-state index contributed by atoms with van der Waals surface area (Å²) >= 11 is 1.79. The minimum Gasteiger partial charge on any atom is -0.384 e. The van der Waals surface area contributed by atoms with Crippen molar-refractivity contribution < 1.29 is 9.53 Å². The number of nitrogens with two attached hydrogens (primary N) is 1. The number of amides is 1. The Kier molecular flexibility index (Phi) is 6.96. The molecule has 0 heterocycles. The van der Waals surface area contributed by atoms with Crippen molar-refractivity contribution in [1.82, 2.24) is 5.32 Å². The van der Waals surface area contributed by atoms with E-state index in [1.807, 2.05) is 6.92 Å². The zero-order valence-electron chi connectivity index (χ0n) is 10.0. The van der Waals surface area contributed by atoms with E-state index in [1.54, 1.807) is 25.9 Å². The number of nitrogens with one attached hydrogen (secondary N) is 1. The predicted octanol–water partition coefficient (Wildman–Crippen LogP) is 0.608. The Balaban J connectivity index is 4.01. The summed E-state index contributed by atoms with van der Waals surface area (Å²) in [7, 11) is 3.45. The summed E-state index contributed by atoms with van der Waals surface area (Å²) in [5.74, 6) is 0.639. The Labute approximate surface area is 96.3 Å². The van der Waals surface area contributed by atoms with E-state index in [4.69, 9.17) is 10.5 Å². The Bertz CT molecular complexity index is 202. The van der Waals surface area contributed by atoms with Gasteiger partial charge >= 0.3 is 0 Å². The molecule has 0 fully saturated rings. The number of rotatable bonds is 8. The van der Waals surface area contributed by atoms with Gasteiger partial charge < -0.3 is 15.8 Å². The zero-order valence-corrected chi connectivity index (χ0v) is 10.8. The van der Waals surface area contributed by atoms with E-state index in [9.17, 15) is 4.79 Å². The molecule has 15 heavy (non-hydrogen) atoms. The highest BCUT2D eigenvalue weighted by Gasteiger charge is 2.30. The molecule has 2 atom stereocenters. The molecule has 90 valence electrons. The van der Waals surface area contributed by atoms with Gasteiger partial charge in [0.15, 0.2) is 0 Å². The van der Waals surface area contributed by atoms with Gasteiger partial charge in [0.1, 0.15) is 0 Å². The van der Waals surface area contributed by atoms with E-state index in [0.717, 1.165) is 18.8 Å². The summed E-state index contributed by atoms with van der Waals surface area (Å²) in [6.45, 7) is 4.67. The Morgan fingerprint density at radius 3 is 2.67 bits per heavy atom. The number of carbonyl (C=O) groups excluding carboxylic acids is 1. The van der Waals surface area contributed by atoms with Crippen molar-refractivity contribution in [3.8, 4) is 0 Å². The largest absolute Gasteiger partial charge is 0.384 e. The maximum absolute atomic E-state index is 11.2. The van der Waals surface area contributed by atoms with Crippen LogP contribution in [0.4, 0.5) is 0 Å². The molecule has 0 aliphatic rings. The van der Waals surface area contributed by atoms with E-state index < -0.39 is 5.54 Å². The number of carbonyl (C=O) groups is 1. The van der Waals surface area contributed by atoms with Crippen LogP contribution < -0.4 is 11.1 Å². The van der Waals surface area contributed by atoms with Crippen LogP contribution in [-0.4, -0.2) is 43.2 Å². The molecule has 0 rings (SSSR count). The topological polar surface area (TPSA) is 64.3 Å². The molecule has 2 unspecified atom stereocenters. The quantitative estimate of drug-likeness (QED) is 0.604. The molecular formula is C10H22N2O2S. The lowest BCUT2D eigenvalue weighted by atomic mass is 9.95. The minimum atomic E-state index is -0.612. The van der Waals surface area contributed by atoms with Crippen molar-refractivity contribution in [2.24, 2.45) is 5.73 Å². The fourth-order valence-corrected chi connectivity index (χ4v) is 2.41. The van der Waals surface area contributed by atoms with Crippen LogP contribution >= 0.6 is 11.8 Å². The van der Waals surface area contributed by atoms with Crippen LogP contribution in [0.1, 0.15) is 20.3 Å². The Hall–Kier alpha value is -0.260. The third kappa shape index (κ3) is 5.39. The van der Waals surface area contributed by atoms with Gasteiger partial charge in [-0.15, -0.1) is 0 Å². The maximum atomic E-state index is 11.2. The first-order chi connectivity index (χ1) is 6.96. The number of hydrogen-bond donors (Lipinski definition) is 2. The first kappa shape index (κ1) is 14.7. The molecule has 0 spiro atoms. The molecule has 0 aliphatic heterocycles. The summed E-state index contributed by atoms with van der Waals surface area (Å²) < 4.78 is 4.97. The molecule has 5 heteroatoms. The third-order valence-corrected chi connectivity index (χ3v) is 3.62. The standard InChI is InChI=1S/C10H22N2O2S/c1-8(15-6-5-14-4)7-10(2,12-3)9(11)13/h8,12H,5-7H2,1-4H3,(H2,11,13). The third-order valence-electron chi connectivity index (χ3n) is 2.48. The van der Waals surface area contributed by atoms with Crippen molar-refractivity contribution in [1.29, 1.82) is 0 Å². The van der Waals surface area contributed by atoms with Crippen molar-refractivity contribution in [3.63, 3.8) is 0 Å². The predicted molar refractivity (Wildman–Crippen MR) is 65.1 cm³/mol. The SMILES string of the molecule is CNC(C)(CC(C)SCCOC)C(N)=O. The second kappa shape index (κ2) is 7.09. The highest BCUT2D eigenvalue weighted by molar-refractivity contribution is 7.99. The van der Waals surface area contributed by atoms with Gasteiger partial charge in [-0.1, -0.05) is 6.92 Å². The summed E-state index contributed by atoms with van der Waals surface area (Å²) in [4.78, 5) is 11.2. The monoisotopic (exact) mass is 234 g/mol. The van der Waals surface area contributed by atoms with Gasteiger partial charge in [0.2, 0.25) is 5.91 Å². The molecule has 0 bridgehead atoms. The molecule has 0 aromatic rings. The molecular weight excluding hydrogens is 212 g/mol. The fraction of sp³-hybridized carbons (Fsp3) is 0.900. The minimum absolute atomic E-state index is 0.302. The van der Waals surface area contributed by atoms with Gasteiger partial charge in [0.25, 0.3) is 0 Å². The van der Waals surface area contributed by atoms with Crippen molar-refractivity contribution in [2.45, 2.75) is 31.1 Å². The van der Waals surface area contributed by atoms with E-state index in [2.05, 4.69) is 12.2 Å². The number of thioether (sulfide) groups is 1.